The Bertz CT molecular complexity index is 1050. The Morgan fingerprint density at radius 3 is 2.39 bits per heavy atom. The zero-order valence-electron chi connectivity index (χ0n) is 24.0. The molecule has 1 aliphatic rings. The minimum Gasteiger partial charge on any atom is -0.481 e. The number of nitrogens with zero attached hydrogens (tertiary/aromatic N) is 4. The van der Waals surface area contributed by atoms with Gasteiger partial charge < -0.3 is 38.6 Å². The molecule has 2 atom stereocenters. The summed E-state index contributed by atoms with van der Waals surface area (Å²) in [6, 6.07) is 0. The van der Waals surface area contributed by atoms with Crippen LogP contribution in [0.2, 0.25) is 0 Å². The smallest absolute Gasteiger partial charge is 0.347 e. The number of ether oxygens (including phenoxy) is 5. The topological polar surface area (TPSA) is 184 Å². The molecule has 0 saturated carbocycles. The Morgan fingerprint density at radius 1 is 1.10 bits per heavy atom. The predicted molar refractivity (Wildman–Crippen MR) is 143 cm³/mol. The summed E-state index contributed by atoms with van der Waals surface area (Å²) in [7, 11) is 0. The molecule has 1 amide bonds. The van der Waals surface area contributed by atoms with Crippen molar-refractivity contribution in [3.05, 3.63) is 0 Å². The first kappa shape index (κ1) is 33.7. The van der Waals surface area contributed by atoms with Crippen molar-refractivity contribution in [1.29, 1.82) is 0 Å². The number of anilines is 1. The molecule has 0 bridgehead atoms. The molecule has 2 rings (SSSR count). The van der Waals surface area contributed by atoms with E-state index in [4.69, 9.17) is 28.8 Å². The lowest BCUT2D eigenvalue weighted by Crippen LogP contribution is -2.52. The highest BCUT2D eigenvalue weighted by molar-refractivity contribution is 6.99. The van der Waals surface area contributed by atoms with Crippen LogP contribution in [-0.4, -0.2) is 112 Å². The molecule has 2 unspecified atom stereocenters. The molecular weight excluding hydrogens is 564 g/mol. The van der Waals surface area contributed by atoms with Crippen LogP contribution in [0.5, 0.6) is 5.88 Å². The van der Waals surface area contributed by atoms with E-state index in [1.54, 1.807) is 20.8 Å². The minimum absolute atomic E-state index is 0.0825. The van der Waals surface area contributed by atoms with E-state index in [9.17, 15) is 24.0 Å². The van der Waals surface area contributed by atoms with Gasteiger partial charge >= 0.3 is 23.9 Å². The van der Waals surface area contributed by atoms with Gasteiger partial charge in [-0.2, -0.15) is 4.37 Å². The van der Waals surface area contributed by atoms with Crippen molar-refractivity contribution < 1.29 is 52.8 Å². The lowest BCUT2D eigenvalue weighted by atomic mass is 10.1. The van der Waals surface area contributed by atoms with Gasteiger partial charge in [-0.3, -0.25) is 19.2 Å². The molecule has 230 valence electrons. The second-order valence-electron chi connectivity index (χ2n) is 10.2. The van der Waals surface area contributed by atoms with E-state index in [0.717, 1.165) is 18.7 Å². The number of carboxylic acid groups (broad SMARTS) is 1. The molecule has 0 aliphatic carbocycles. The zero-order valence-corrected chi connectivity index (χ0v) is 24.8. The Balaban J connectivity index is 2.14. The third kappa shape index (κ3) is 11.9. The molecule has 1 saturated heterocycles. The van der Waals surface area contributed by atoms with Gasteiger partial charge in [-0.1, -0.05) is 0 Å². The second kappa shape index (κ2) is 16.0. The van der Waals surface area contributed by atoms with Gasteiger partial charge in [-0.25, -0.2) is 4.79 Å². The van der Waals surface area contributed by atoms with Crippen molar-refractivity contribution in [2.24, 2.45) is 0 Å². The van der Waals surface area contributed by atoms with Gasteiger partial charge in [0.15, 0.2) is 18.8 Å². The van der Waals surface area contributed by atoms with Gasteiger partial charge in [0.05, 0.1) is 31.5 Å². The molecule has 1 fully saturated rings. The quantitative estimate of drug-likeness (QED) is 0.222. The van der Waals surface area contributed by atoms with Gasteiger partial charge in [0, 0.05) is 38.4 Å². The number of carbonyl (C=O) groups excluding carboxylic acids is 4. The van der Waals surface area contributed by atoms with E-state index >= 15 is 0 Å². The van der Waals surface area contributed by atoms with Gasteiger partial charge in [0.2, 0.25) is 5.82 Å². The summed E-state index contributed by atoms with van der Waals surface area (Å²) in [5.41, 5.74) is -0.792. The van der Waals surface area contributed by atoms with E-state index in [1.165, 1.54) is 11.8 Å². The molecule has 1 aromatic rings. The number of esters is 3. The summed E-state index contributed by atoms with van der Waals surface area (Å²) in [4.78, 5) is 63.1. The zero-order chi connectivity index (χ0) is 30.6. The number of amides is 1. The summed E-state index contributed by atoms with van der Waals surface area (Å²) >= 11 is 0.958. The number of carboxylic acids is 1. The van der Waals surface area contributed by atoms with Crippen LogP contribution >= 0.6 is 11.7 Å². The van der Waals surface area contributed by atoms with Crippen LogP contribution < -0.4 is 9.64 Å². The summed E-state index contributed by atoms with van der Waals surface area (Å²) in [5.74, 6) is -3.06. The highest BCUT2D eigenvalue weighted by atomic mass is 32.1. The fourth-order valence-corrected chi connectivity index (χ4v) is 4.24. The molecule has 41 heavy (non-hydrogen) atoms. The Hall–Kier alpha value is -3.53. The van der Waals surface area contributed by atoms with Crippen molar-refractivity contribution in [3.63, 3.8) is 0 Å². The molecular formula is C25H38N4O11S. The first-order valence-electron chi connectivity index (χ1n) is 13.1. The summed E-state index contributed by atoms with van der Waals surface area (Å²) in [5, 5.41) is 8.72. The van der Waals surface area contributed by atoms with Gasteiger partial charge in [0.25, 0.3) is 11.8 Å². The van der Waals surface area contributed by atoms with Gasteiger partial charge in [0.1, 0.15) is 6.61 Å². The molecule has 0 aromatic carbocycles. The van der Waals surface area contributed by atoms with Gasteiger partial charge in [-0.15, -0.1) is 4.37 Å². The van der Waals surface area contributed by atoms with Crippen molar-refractivity contribution >= 4 is 47.3 Å². The monoisotopic (exact) mass is 602 g/mol. The van der Waals surface area contributed by atoms with Crippen LogP contribution in [0.4, 0.5) is 5.82 Å². The molecule has 1 N–H and O–H groups in total. The summed E-state index contributed by atoms with van der Waals surface area (Å²) in [6.45, 7) is 9.07. The van der Waals surface area contributed by atoms with Crippen LogP contribution in [0.1, 0.15) is 53.9 Å². The van der Waals surface area contributed by atoms with E-state index < -0.39 is 54.1 Å². The second-order valence-corrected chi connectivity index (χ2v) is 10.7. The maximum Gasteiger partial charge on any atom is 0.347 e. The van der Waals surface area contributed by atoms with Crippen molar-refractivity contribution in [3.8, 4) is 5.88 Å². The lowest BCUT2D eigenvalue weighted by Gasteiger charge is -2.37. The van der Waals surface area contributed by atoms with E-state index in [-0.39, 0.29) is 38.3 Å². The average molecular weight is 603 g/mol. The Labute approximate surface area is 242 Å². The number of carbonyl (C=O) groups is 5. The standard InChI is InChI=1S/C25H38N4O11S/c1-16(39-17(2)30)24(35)40-18(14-38-23-22(26-41-27-23)28-9-11-36-12-10-28)13-29(25(3,4)5)19(31)15-37-21(34)8-6-7-20(32)33/h16,18H,6-15H2,1-5H3,(H,32,33). The van der Waals surface area contributed by atoms with Crippen LogP contribution in [0.15, 0.2) is 0 Å². The van der Waals surface area contributed by atoms with Gasteiger partial charge in [-0.05, 0) is 34.1 Å². The SMILES string of the molecule is CC(=O)OC(C)C(=O)OC(COc1nsnc1N1CCOCC1)CN(C(=O)COC(=O)CCCC(=O)O)C(C)(C)C. The van der Waals surface area contributed by atoms with Crippen LogP contribution in [0, 0.1) is 0 Å². The molecule has 15 nitrogen and oxygen atoms in total. The highest BCUT2D eigenvalue weighted by Crippen LogP contribution is 2.27. The molecule has 1 aliphatic heterocycles. The van der Waals surface area contributed by atoms with Crippen molar-refractivity contribution in [1.82, 2.24) is 13.6 Å². The number of aromatic nitrogens is 2. The van der Waals surface area contributed by atoms with Crippen LogP contribution in [0.3, 0.4) is 0 Å². The van der Waals surface area contributed by atoms with Crippen molar-refractivity contribution in [2.45, 2.75) is 71.6 Å². The molecule has 2 heterocycles. The Kier molecular flexibility index (Phi) is 13.2. The van der Waals surface area contributed by atoms with Crippen LogP contribution in [-0.2, 0) is 42.9 Å². The Morgan fingerprint density at radius 2 is 1.78 bits per heavy atom. The van der Waals surface area contributed by atoms with E-state index in [0.29, 0.717) is 32.1 Å². The third-order valence-corrected chi connectivity index (χ3v) is 6.24. The number of rotatable bonds is 15. The summed E-state index contributed by atoms with van der Waals surface area (Å²) < 4.78 is 35.4. The molecule has 0 radical (unpaired) electrons. The average Bonchev–Trinajstić information content (AvgIpc) is 3.36. The number of hydrogen-bond acceptors (Lipinski definition) is 14. The normalized spacial score (nSPS) is 14.9. The fourth-order valence-electron chi connectivity index (χ4n) is 3.72. The number of hydrogen-bond donors (Lipinski definition) is 1. The number of aliphatic carboxylic acids is 1. The molecule has 0 spiro atoms. The van der Waals surface area contributed by atoms with Crippen molar-refractivity contribution in [2.75, 3.05) is 51.0 Å². The third-order valence-electron chi connectivity index (χ3n) is 5.74. The first-order chi connectivity index (χ1) is 19.3. The highest BCUT2D eigenvalue weighted by Gasteiger charge is 2.33. The molecule has 16 heteroatoms. The predicted octanol–water partition coefficient (Wildman–Crippen LogP) is 1.04. The maximum atomic E-state index is 13.1. The lowest BCUT2D eigenvalue weighted by molar-refractivity contribution is -0.172. The van der Waals surface area contributed by atoms with E-state index in [2.05, 4.69) is 8.75 Å². The van der Waals surface area contributed by atoms with Crippen LogP contribution in [0.25, 0.3) is 0 Å². The molecule has 1 aromatic heterocycles. The maximum absolute atomic E-state index is 13.1. The summed E-state index contributed by atoms with van der Waals surface area (Å²) in [6.07, 6.45) is -2.50. The largest absolute Gasteiger partial charge is 0.481 e. The number of morpholine rings is 1. The fraction of sp³-hybridized carbons (Fsp3) is 0.720. The first-order valence-corrected chi connectivity index (χ1v) is 13.8. The minimum atomic E-state index is -1.20. The van der Waals surface area contributed by atoms with E-state index in [1.807, 2.05) is 4.90 Å².